The van der Waals surface area contributed by atoms with E-state index >= 15 is 0 Å². The SMILES string of the molecule is CC.CC(CCC#N)CC1CCC1.CN. The van der Waals surface area contributed by atoms with Gasteiger partial charge in [0.25, 0.3) is 0 Å². The fourth-order valence-corrected chi connectivity index (χ4v) is 1.73. The van der Waals surface area contributed by atoms with Gasteiger partial charge >= 0.3 is 0 Å². The highest BCUT2D eigenvalue weighted by Crippen LogP contribution is 2.33. The lowest BCUT2D eigenvalue weighted by Crippen LogP contribution is -2.14. The number of nitriles is 1. The third-order valence-electron chi connectivity index (χ3n) is 2.71. The van der Waals surface area contributed by atoms with Crippen LogP contribution in [0.1, 0.15) is 59.3 Å². The van der Waals surface area contributed by atoms with Crippen molar-refractivity contribution in [3.63, 3.8) is 0 Å². The summed E-state index contributed by atoms with van der Waals surface area (Å²) in [6.07, 6.45) is 7.53. The molecule has 90 valence electrons. The first-order valence-electron chi connectivity index (χ1n) is 6.27. The molecular formula is C13H28N2. The van der Waals surface area contributed by atoms with Gasteiger partial charge in [-0.3, -0.25) is 0 Å². The summed E-state index contributed by atoms with van der Waals surface area (Å²) < 4.78 is 0. The van der Waals surface area contributed by atoms with Crippen molar-refractivity contribution >= 4 is 0 Å². The maximum absolute atomic E-state index is 8.37. The average molecular weight is 212 g/mol. The van der Waals surface area contributed by atoms with Gasteiger partial charge < -0.3 is 5.73 Å². The third kappa shape index (κ3) is 9.75. The molecule has 0 heterocycles. The zero-order valence-electron chi connectivity index (χ0n) is 10.9. The molecule has 1 aliphatic rings. The molecule has 2 N–H and O–H groups in total. The van der Waals surface area contributed by atoms with Crippen LogP contribution in [-0.4, -0.2) is 7.05 Å². The summed E-state index contributed by atoms with van der Waals surface area (Å²) in [5.74, 6) is 1.78. The molecule has 0 bridgehead atoms. The van der Waals surface area contributed by atoms with Crippen molar-refractivity contribution in [3.8, 4) is 6.07 Å². The summed E-state index contributed by atoms with van der Waals surface area (Å²) in [5, 5.41) is 8.37. The quantitative estimate of drug-likeness (QED) is 0.772. The number of nitrogens with zero attached hydrogens (tertiary/aromatic N) is 1. The van der Waals surface area contributed by atoms with E-state index in [-0.39, 0.29) is 0 Å². The zero-order chi connectivity index (χ0) is 12.1. The molecule has 0 radical (unpaired) electrons. The summed E-state index contributed by atoms with van der Waals surface area (Å²) in [4.78, 5) is 0. The summed E-state index contributed by atoms with van der Waals surface area (Å²) in [5.41, 5.74) is 4.50. The van der Waals surface area contributed by atoms with Gasteiger partial charge in [-0.25, -0.2) is 0 Å². The van der Waals surface area contributed by atoms with Crippen LogP contribution in [0.25, 0.3) is 0 Å². The Morgan fingerprint density at radius 1 is 1.33 bits per heavy atom. The molecule has 0 amide bonds. The molecule has 0 spiro atoms. The molecule has 0 saturated heterocycles. The fraction of sp³-hybridized carbons (Fsp3) is 0.923. The molecule has 1 atom stereocenters. The van der Waals surface area contributed by atoms with E-state index < -0.39 is 0 Å². The lowest BCUT2D eigenvalue weighted by Gasteiger charge is -2.27. The Balaban J connectivity index is 0. The molecule has 0 aromatic heterocycles. The lowest BCUT2D eigenvalue weighted by molar-refractivity contribution is 0.252. The van der Waals surface area contributed by atoms with Gasteiger partial charge in [0.1, 0.15) is 0 Å². The second-order valence-corrected chi connectivity index (χ2v) is 3.83. The van der Waals surface area contributed by atoms with Gasteiger partial charge in [-0.2, -0.15) is 5.26 Å². The van der Waals surface area contributed by atoms with Crippen LogP contribution >= 0.6 is 0 Å². The number of nitrogens with two attached hydrogens (primary N) is 1. The van der Waals surface area contributed by atoms with Crippen molar-refractivity contribution in [1.29, 1.82) is 5.26 Å². The fourth-order valence-electron chi connectivity index (χ4n) is 1.73. The van der Waals surface area contributed by atoms with Crippen LogP contribution in [0.4, 0.5) is 0 Å². The molecule has 0 aliphatic heterocycles. The first-order valence-corrected chi connectivity index (χ1v) is 6.27. The normalized spacial score (nSPS) is 15.7. The average Bonchev–Trinajstić information content (AvgIpc) is 2.26. The van der Waals surface area contributed by atoms with Gasteiger partial charge in [0.15, 0.2) is 0 Å². The van der Waals surface area contributed by atoms with Crippen molar-refractivity contribution in [2.45, 2.75) is 59.3 Å². The van der Waals surface area contributed by atoms with E-state index in [1.807, 2.05) is 13.8 Å². The highest BCUT2D eigenvalue weighted by Gasteiger charge is 2.19. The predicted octanol–water partition coefficient (Wildman–Crippen LogP) is 3.72. The van der Waals surface area contributed by atoms with E-state index in [0.29, 0.717) is 0 Å². The van der Waals surface area contributed by atoms with Crippen molar-refractivity contribution in [2.75, 3.05) is 7.05 Å². The molecule has 0 aromatic rings. The van der Waals surface area contributed by atoms with Crippen molar-refractivity contribution in [3.05, 3.63) is 0 Å². The van der Waals surface area contributed by atoms with Crippen LogP contribution < -0.4 is 5.73 Å². The first-order chi connectivity index (χ1) is 7.33. The predicted molar refractivity (Wildman–Crippen MR) is 67.4 cm³/mol. The van der Waals surface area contributed by atoms with Crippen molar-refractivity contribution in [2.24, 2.45) is 17.6 Å². The largest absolute Gasteiger partial charge is 0.333 e. The van der Waals surface area contributed by atoms with Crippen LogP contribution in [0.3, 0.4) is 0 Å². The van der Waals surface area contributed by atoms with E-state index in [1.165, 1.54) is 32.7 Å². The van der Waals surface area contributed by atoms with Crippen LogP contribution in [0.15, 0.2) is 0 Å². The molecular weight excluding hydrogens is 184 g/mol. The number of hydrogen-bond donors (Lipinski definition) is 1. The first kappa shape index (κ1) is 16.9. The molecule has 0 aromatic carbocycles. The lowest BCUT2D eigenvalue weighted by atomic mass is 9.78. The van der Waals surface area contributed by atoms with Gasteiger partial charge in [-0.15, -0.1) is 0 Å². The molecule has 1 aliphatic carbocycles. The van der Waals surface area contributed by atoms with Crippen LogP contribution in [0.2, 0.25) is 0 Å². The molecule has 2 heteroatoms. The Labute approximate surface area is 95.9 Å². The minimum atomic E-state index is 0.744. The summed E-state index contributed by atoms with van der Waals surface area (Å²) >= 11 is 0. The molecule has 15 heavy (non-hydrogen) atoms. The molecule has 1 unspecified atom stereocenters. The topological polar surface area (TPSA) is 49.8 Å². The summed E-state index contributed by atoms with van der Waals surface area (Å²) in [7, 11) is 1.50. The maximum atomic E-state index is 8.37. The van der Waals surface area contributed by atoms with Gasteiger partial charge in [0.2, 0.25) is 0 Å². The van der Waals surface area contributed by atoms with E-state index in [0.717, 1.165) is 24.7 Å². The Morgan fingerprint density at radius 3 is 2.20 bits per heavy atom. The van der Waals surface area contributed by atoms with Crippen LogP contribution in [-0.2, 0) is 0 Å². The van der Waals surface area contributed by atoms with Gasteiger partial charge in [-0.05, 0) is 31.7 Å². The smallest absolute Gasteiger partial charge is 0.0621 e. The highest BCUT2D eigenvalue weighted by atomic mass is 14.4. The van der Waals surface area contributed by atoms with E-state index in [2.05, 4.69) is 18.7 Å². The standard InChI is InChI=1S/C10H17N.C2H6.CH5N/c1-9(4-3-7-11)8-10-5-2-6-10;2*1-2/h9-10H,2-6,8H2,1H3;1-2H3;2H2,1H3. The molecule has 1 saturated carbocycles. The second kappa shape index (κ2) is 13.4. The summed E-state index contributed by atoms with van der Waals surface area (Å²) in [6, 6.07) is 2.21. The van der Waals surface area contributed by atoms with Crippen LogP contribution in [0.5, 0.6) is 0 Å². The van der Waals surface area contributed by atoms with Crippen LogP contribution in [0, 0.1) is 23.2 Å². The second-order valence-electron chi connectivity index (χ2n) is 3.83. The van der Waals surface area contributed by atoms with Gasteiger partial charge in [0.05, 0.1) is 6.07 Å². The number of hydrogen-bond acceptors (Lipinski definition) is 2. The molecule has 1 rings (SSSR count). The summed E-state index contributed by atoms with van der Waals surface area (Å²) in [6.45, 7) is 6.27. The van der Waals surface area contributed by atoms with E-state index in [1.54, 1.807) is 0 Å². The van der Waals surface area contributed by atoms with Gasteiger partial charge in [0, 0.05) is 6.42 Å². The van der Waals surface area contributed by atoms with Crippen molar-refractivity contribution < 1.29 is 0 Å². The Bertz CT molecular complexity index is 145. The Kier molecular flexibility index (Phi) is 15.1. The number of rotatable bonds is 4. The molecule has 1 fully saturated rings. The maximum Gasteiger partial charge on any atom is 0.0621 e. The monoisotopic (exact) mass is 212 g/mol. The minimum absolute atomic E-state index is 0.744. The van der Waals surface area contributed by atoms with Gasteiger partial charge in [-0.1, -0.05) is 40.0 Å². The Morgan fingerprint density at radius 2 is 1.87 bits per heavy atom. The van der Waals surface area contributed by atoms with E-state index in [9.17, 15) is 0 Å². The minimum Gasteiger partial charge on any atom is -0.333 e. The third-order valence-corrected chi connectivity index (χ3v) is 2.71. The van der Waals surface area contributed by atoms with E-state index in [4.69, 9.17) is 5.26 Å². The highest BCUT2D eigenvalue weighted by molar-refractivity contribution is 4.75. The molecule has 2 nitrogen and oxygen atoms in total. The zero-order valence-corrected chi connectivity index (χ0v) is 10.9. The Hall–Kier alpha value is -0.550. The van der Waals surface area contributed by atoms with Crippen molar-refractivity contribution in [1.82, 2.24) is 0 Å².